The number of nitrogens with one attached hydrogen (secondary N) is 1. The summed E-state index contributed by atoms with van der Waals surface area (Å²) in [7, 11) is 1.89. The number of halogens is 2. The van der Waals surface area contributed by atoms with Crippen molar-refractivity contribution < 1.29 is 4.39 Å². The lowest BCUT2D eigenvalue weighted by Crippen LogP contribution is -2.12. The third-order valence-electron chi connectivity index (χ3n) is 3.41. The molecule has 0 saturated carbocycles. The molecule has 0 fully saturated rings. The van der Waals surface area contributed by atoms with Gasteiger partial charge in [0.25, 0.3) is 0 Å². The Balaban J connectivity index is 2.51. The highest BCUT2D eigenvalue weighted by molar-refractivity contribution is 6.31. The molecule has 0 spiro atoms. The zero-order valence-corrected chi connectivity index (χ0v) is 12.1. The van der Waals surface area contributed by atoms with Crippen LogP contribution in [0.1, 0.15) is 24.1 Å². The maximum absolute atomic E-state index is 14.0. The van der Waals surface area contributed by atoms with Crippen molar-refractivity contribution in [2.45, 2.75) is 19.9 Å². The molecule has 2 aromatic rings. The summed E-state index contributed by atoms with van der Waals surface area (Å²) in [6.45, 7) is 3.97. The Kier molecular flexibility index (Phi) is 4.23. The summed E-state index contributed by atoms with van der Waals surface area (Å²) in [6, 6.07) is 11.0. The Labute approximate surface area is 118 Å². The van der Waals surface area contributed by atoms with Gasteiger partial charge in [0.05, 0.1) is 0 Å². The molecule has 0 aliphatic carbocycles. The van der Waals surface area contributed by atoms with E-state index < -0.39 is 0 Å². The molecule has 1 unspecified atom stereocenters. The predicted octanol–water partition coefficient (Wildman–Crippen LogP) is 4.73. The topological polar surface area (TPSA) is 12.0 Å². The van der Waals surface area contributed by atoms with Gasteiger partial charge in [0.1, 0.15) is 5.82 Å². The second kappa shape index (κ2) is 5.72. The zero-order chi connectivity index (χ0) is 14.0. The molecule has 1 atom stereocenters. The fourth-order valence-electron chi connectivity index (χ4n) is 1.96. The van der Waals surface area contributed by atoms with Gasteiger partial charge in [-0.05, 0) is 55.8 Å². The van der Waals surface area contributed by atoms with E-state index in [4.69, 9.17) is 11.6 Å². The van der Waals surface area contributed by atoms with E-state index in [0.717, 1.165) is 16.7 Å². The van der Waals surface area contributed by atoms with Crippen molar-refractivity contribution >= 4 is 11.6 Å². The molecule has 0 heterocycles. The van der Waals surface area contributed by atoms with Gasteiger partial charge >= 0.3 is 0 Å². The third kappa shape index (κ3) is 2.96. The van der Waals surface area contributed by atoms with Gasteiger partial charge in [-0.1, -0.05) is 29.8 Å². The van der Waals surface area contributed by atoms with Gasteiger partial charge in [-0.2, -0.15) is 0 Å². The van der Waals surface area contributed by atoms with Crippen molar-refractivity contribution in [1.29, 1.82) is 0 Å². The summed E-state index contributed by atoms with van der Waals surface area (Å²) in [4.78, 5) is 0. The van der Waals surface area contributed by atoms with E-state index in [1.807, 2.05) is 45.2 Å². The van der Waals surface area contributed by atoms with E-state index in [9.17, 15) is 4.39 Å². The van der Waals surface area contributed by atoms with Gasteiger partial charge in [-0.15, -0.1) is 0 Å². The first-order valence-corrected chi connectivity index (χ1v) is 6.64. The van der Waals surface area contributed by atoms with Gasteiger partial charge in [0.15, 0.2) is 0 Å². The normalized spacial score (nSPS) is 12.5. The monoisotopic (exact) mass is 277 g/mol. The minimum Gasteiger partial charge on any atom is -0.313 e. The van der Waals surface area contributed by atoms with Crippen molar-refractivity contribution in [3.8, 4) is 11.1 Å². The molecule has 1 N–H and O–H groups in total. The van der Waals surface area contributed by atoms with Gasteiger partial charge in [0.2, 0.25) is 0 Å². The van der Waals surface area contributed by atoms with Gasteiger partial charge in [-0.3, -0.25) is 0 Å². The molecule has 0 bridgehead atoms. The molecule has 0 saturated heterocycles. The van der Waals surface area contributed by atoms with Crippen LogP contribution < -0.4 is 5.32 Å². The van der Waals surface area contributed by atoms with Crippen LogP contribution in [0.2, 0.25) is 5.02 Å². The molecule has 3 heteroatoms. The maximum atomic E-state index is 14.0. The Hall–Kier alpha value is -1.38. The first-order valence-electron chi connectivity index (χ1n) is 6.26. The zero-order valence-electron chi connectivity index (χ0n) is 11.3. The number of aryl methyl sites for hydroxylation is 1. The Bertz CT molecular complexity index is 595. The second-order valence-electron chi connectivity index (χ2n) is 4.71. The molecule has 0 amide bonds. The van der Waals surface area contributed by atoms with Crippen LogP contribution in [-0.4, -0.2) is 7.05 Å². The predicted molar refractivity (Wildman–Crippen MR) is 79.1 cm³/mol. The third-order valence-corrected chi connectivity index (χ3v) is 3.81. The minimum absolute atomic E-state index is 0.181. The quantitative estimate of drug-likeness (QED) is 0.855. The molecular weight excluding hydrogens is 261 g/mol. The van der Waals surface area contributed by atoms with Crippen molar-refractivity contribution in [1.82, 2.24) is 5.32 Å². The van der Waals surface area contributed by atoms with Gasteiger partial charge in [-0.25, -0.2) is 4.39 Å². The van der Waals surface area contributed by atoms with Crippen molar-refractivity contribution in [3.05, 3.63) is 58.4 Å². The number of rotatable bonds is 3. The number of benzene rings is 2. The van der Waals surface area contributed by atoms with Gasteiger partial charge < -0.3 is 5.32 Å². The van der Waals surface area contributed by atoms with Crippen molar-refractivity contribution in [2.24, 2.45) is 0 Å². The van der Waals surface area contributed by atoms with Crippen LogP contribution >= 0.6 is 11.6 Å². The summed E-state index contributed by atoms with van der Waals surface area (Å²) in [5.41, 5.74) is 3.43. The van der Waals surface area contributed by atoms with Crippen LogP contribution in [0.15, 0.2) is 36.4 Å². The standard InChI is InChI=1S/C16H17ClFN/c1-10-4-5-13(9-15(10)17)14-8-12(11(2)19-3)6-7-16(14)18/h4-9,11,19H,1-3H3. The largest absolute Gasteiger partial charge is 0.313 e. The summed E-state index contributed by atoms with van der Waals surface area (Å²) < 4.78 is 14.0. The van der Waals surface area contributed by atoms with E-state index in [1.165, 1.54) is 6.07 Å². The fourth-order valence-corrected chi connectivity index (χ4v) is 2.14. The first kappa shape index (κ1) is 14.0. The summed E-state index contributed by atoms with van der Waals surface area (Å²) in [5.74, 6) is -0.230. The van der Waals surface area contributed by atoms with Gasteiger partial charge in [0, 0.05) is 16.6 Å². The lowest BCUT2D eigenvalue weighted by atomic mass is 9.99. The summed E-state index contributed by atoms with van der Waals surface area (Å²) in [5, 5.41) is 3.81. The van der Waals surface area contributed by atoms with Crippen LogP contribution in [0.5, 0.6) is 0 Å². The Morgan fingerprint density at radius 1 is 1.16 bits per heavy atom. The average molecular weight is 278 g/mol. The van der Waals surface area contributed by atoms with Crippen molar-refractivity contribution in [3.63, 3.8) is 0 Å². The van der Waals surface area contributed by atoms with E-state index in [1.54, 1.807) is 6.07 Å². The summed E-state index contributed by atoms with van der Waals surface area (Å²) >= 11 is 6.11. The molecule has 0 aliphatic rings. The molecule has 100 valence electrons. The molecular formula is C16H17ClFN. The highest BCUT2D eigenvalue weighted by Gasteiger charge is 2.10. The Morgan fingerprint density at radius 3 is 2.53 bits per heavy atom. The minimum atomic E-state index is -0.230. The van der Waals surface area contributed by atoms with Crippen LogP contribution in [0.25, 0.3) is 11.1 Å². The molecule has 19 heavy (non-hydrogen) atoms. The average Bonchev–Trinajstić information content (AvgIpc) is 2.41. The molecule has 0 aromatic heterocycles. The molecule has 0 aliphatic heterocycles. The van der Waals surface area contributed by atoms with Crippen LogP contribution in [-0.2, 0) is 0 Å². The summed E-state index contributed by atoms with van der Waals surface area (Å²) in [6.07, 6.45) is 0. The number of hydrogen-bond donors (Lipinski definition) is 1. The van der Waals surface area contributed by atoms with Crippen LogP contribution in [0.4, 0.5) is 4.39 Å². The van der Waals surface area contributed by atoms with Crippen LogP contribution in [0.3, 0.4) is 0 Å². The fraction of sp³-hybridized carbons (Fsp3) is 0.250. The number of hydrogen-bond acceptors (Lipinski definition) is 1. The lowest BCUT2D eigenvalue weighted by molar-refractivity contribution is 0.622. The van der Waals surface area contributed by atoms with E-state index >= 15 is 0 Å². The Morgan fingerprint density at radius 2 is 1.89 bits per heavy atom. The first-order chi connectivity index (χ1) is 9.02. The van der Waals surface area contributed by atoms with E-state index in [-0.39, 0.29) is 11.9 Å². The van der Waals surface area contributed by atoms with Crippen LogP contribution in [0, 0.1) is 12.7 Å². The molecule has 1 nitrogen and oxygen atoms in total. The smallest absolute Gasteiger partial charge is 0.131 e. The highest BCUT2D eigenvalue weighted by Crippen LogP contribution is 2.29. The maximum Gasteiger partial charge on any atom is 0.131 e. The highest BCUT2D eigenvalue weighted by atomic mass is 35.5. The van der Waals surface area contributed by atoms with Crippen molar-refractivity contribution in [2.75, 3.05) is 7.05 Å². The SMILES string of the molecule is CNC(C)c1ccc(F)c(-c2ccc(C)c(Cl)c2)c1. The lowest BCUT2D eigenvalue weighted by Gasteiger charge is -2.13. The molecule has 0 radical (unpaired) electrons. The molecule has 2 aromatic carbocycles. The second-order valence-corrected chi connectivity index (χ2v) is 5.12. The van der Waals surface area contributed by atoms with E-state index in [0.29, 0.717) is 10.6 Å². The van der Waals surface area contributed by atoms with E-state index in [2.05, 4.69) is 5.32 Å². The molecule has 2 rings (SSSR count).